The quantitative estimate of drug-likeness (QED) is 0.718. The molecule has 0 saturated carbocycles. The summed E-state index contributed by atoms with van der Waals surface area (Å²) < 4.78 is 0. The smallest absolute Gasteiger partial charge is 0.0192 e. The zero-order valence-electron chi connectivity index (χ0n) is 12.9. The Bertz CT molecular complexity index is 553. The van der Waals surface area contributed by atoms with E-state index in [1.54, 1.807) is 5.56 Å². The molecule has 0 bridgehead atoms. The highest BCUT2D eigenvalue weighted by molar-refractivity contribution is 5.65. The minimum atomic E-state index is 0.325. The molecule has 1 aromatic carbocycles. The van der Waals surface area contributed by atoms with Crippen molar-refractivity contribution in [3.63, 3.8) is 0 Å². The maximum atomic E-state index is 2.61. The molecule has 0 radical (unpaired) electrons. The monoisotopic (exact) mass is 267 g/mol. The standard InChI is InChI=1S/C19H25N/c1-15(2)16(3)14-20-12-10-19(11-13-20)9-8-17-6-4-5-7-18(17)19/h4-9H,10-14H2,1-3H3. The summed E-state index contributed by atoms with van der Waals surface area (Å²) in [5.41, 5.74) is 6.31. The van der Waals surface area contributed by atoms with Gasteiger partial charge in [0.15, 0.2) is 0 Å². The lowest BCUT2D eigenvalue weighted by molar-refractivity contribution is 0.197. The van der Waals surface area contributed by atoms with E-state index >= 15 is 0 Å². The van der Waals surface area contributed by atoms with Crippen molar-refractivity contribution in [1.82, 2.24) is 4.90 Å². The largest absolute Gasteiger partial charge is 0.299 e. The van der Waals surface area contributed by atoms with Crippen molar-refractivity contribution in [2.24, 2.45) is 0 Å². The molecule has 1 saturated heterocycles. The van der Waals surface area contributed by atoms with Crippen LogP contribution >= 0.6 is 0 Å². The summed E-state index contributed by atoms with van der Waals surface area (Å²) in [6.45, 7) is 10.3. The molecule has 1 aliphatic carbocycles. The van der Waals surface area contributed by atoms with Gasteiger partial charge in [0.1, 0.15) is 0 Å². The summed E-state index contributed by atoms with van der Waals surface area (Å²) >= 11 is 0. The number of allylic oxidation sites excluding steroid dienone is 2. The van der Waals surface area contributed by atoms with Crippen LogP contribution in [0, 0.1) is 0 Å². The SMILES string of the molecule is CC(C)=C(C)CN1CCC2(C=Cc3ccccc32)CC1. The Hall–Kier alpha value is -1.34. The van der Waals surface area contributed by atoms with Crippen molar-refractivity contribution in [2.75, 3.05) is 19.6 Å². The second kappa shape index (κ2) is 5.21. The Morgan fingerprint density at radius 2 is 1.80 bits per heavy atom. The van der Waals surface area contributed by atoms with Gasteiger partial charge in [-0.25, -0.2) is 0 Å². The van der Waals surface area contributed by atoms with Crippen molar-refractivity contribution < 1.29 is 0 Å². The number of fused-ring (bicyclic) bond motifs is 2. The highest BCUT2D eigenvalue weighted by atomic mass is 15.1. The van der Waals surface area contributed by atoms with Crippen LogP contribution in [0.5, 0.6) is 0 Å². The average Bonchev–Trinajstić information content (AvgIpc) is 2.81. The van der Waals surface area contributed by atoms with Crippen LogP contribution in [0.25, 0.3) is 6.08 Å². The molecule has 0 N–H and O–H groups in total. The molecule has 0 unspecified atom stereocenters. The lowest BCUT2D eigenvalue weighted by Crippen LogP contribution is -2.41. The van der Waals surface area contributed by atoms with E-state index < -0.39 is 0 Å². The van der Waals surface area contributed by atoms with Gasteiger partial charge in [-0.05, 0) is 57.8 Å². The molecule has 1 heterocycles. The summed E-state index contributed by atoms with van der Waals surface area (Å²) in [6, 6.07) is 8.91. The minimum absolute atomic E-state index is 0.325. The molecule has 2 aliphatic rings. The third-order valence-corrected chi connectivity index (χ3v) is 5.14. The van der Waals surface area contributed by atoms with Gasteiger partial charge in [0.25, 0.3) is 0 Å². The van der Waals surface area contributed by atoms with Crippen molar-refractivity contribution in [3.05, 3.63) is 52.6 Å². The summed E-state index contributed by atoms with van der Waals surface area (Å²) in [4.78, 5) is 2.61. The van der Waals surface area contributed by atoms with E-state index in [2.05, 4.69) is 62.1 Å². The molecule has 3 rings (SSSR count). The first-order valence-corrected chi connectivity index (χ1v) is 7.75. The predicted octanol–water partition coefficient (Wildman–Crippen LogP) is 4.40. The first kappa shape index (κ1) is 13.6. The molecule has 1 nitrogen and oxygen atoms in total. The Labute approximate surface area is 123 Å². The van der Waals surface area contributed by atoms with Crippen molar-refractivity contribution in [2.45, 2.75) is 39.0 Å². The van der Waals surface area contributed by atoms with Gasteiger partial charge in [0, 0.05) is 12.0 Å². The van der Waals surface area contributed by atoms with E-state index in [9.17, 15) is 0 Å². The first-order chi connectivity index (χ1) is 9.61. The molecule has 1 fully saturated rings. The van der Waals surface area contributed by atoms with Crippen LogP contribution in [-0.4, -0.2) is 24.5 Å². The lowest BCUT2D eigenvalue weighted by Gasteiger charge is -2.39. The van der Waals surface area contributed by atoms with Crippen LogP contribution in [0.15, 0.2) is 41.5 Å². The number of piperidine rings is 1. The van der Waals surface area contributed by atoms with Crippen molar-refractivity contribution in [1.29, 1.82) is 0 Å². The summed E-state index contributed by atoms with van der Waals surface area (Å²) in [5.74, 6) is 0. The van der Waals surface area contributed by atoms with Gasteiger partial charge < -0.3 is 0 Å². The fraction of sp³-hybridized carbons (Fsp3) is 0.474. The predicted molar refractivity (Wildman–Crippen MR) is 86.9 cm³/mol. The minimum Gasteiger partial charge on any atom is -0.299 e. The second-order valence-electron chi connectivity index (χ2n) is 6.63. The van der Waals surface area contributed by atoms with Crippen LogP contribution in [0.4, 0.5) is 0 Å². The third kappa shape index (κ3) is 2.35. The molecule has 0 atom stereocenters. The Morgan fingerprint density at radius 3 is 2.50 bits per heavy atom. The fourth-order valence-electron chi connectivity index (χ4n) is 3.47. The highest BCUT2D eigenvalue weighted by Gasteiger charge is 2.37. The molecule has 1 heteroatoms. The summed E-state index contributed by atoms with van der Waals surface area (Å²) in [7, 11) is 0. The van der Waals surface area contributed by atoms with Crippen molar-refractivity contribution in [3.8, 4) is 0 Å². The zero-order chi connectivity index (χ0) is 14.2. The van der Waals surface area contributed by atoms with Gasteiger partial charge in [0.05, 0.1) is 0 Å². The average molecular weight is 267 g/mol. The molecule has 1 aliphatic heterocycles. The third-order valence-electron chi connectivity index (χ3n) is 5.14. The zero-order valence-corrected chi connectivity index (χ0v) is 12.9. The summed E-state index contributed by atoms with van der Waals surface area (Å²) in [5, 5.41) is 0. The van der Waals surface area contributed by atoms with E-state index in [-0.39, 0.29) is 0 Å². The van der Waals surface area contributed by atoms with Crippen molar-refractivity contribution >= 4 is 6.08 Å². The second-order valence-corrected chi connectivity index (χ2v) is 6.63. The van der Waals surface area contributed by atoms with Gasteiger partial charge in [-0.1, -0.05) is 47.6 Å². The van der Waals surface area contributed by atoms with E-state index in [0.717, 1.165) is 6.54 Å². The molecular formula is C19H25N. The van der Waals surface area contributed by atoms with Gasteiger partial charge in [-0.2, -0.15) is 0 Å². The highest BCUT2D eigenvalue weighted by Crippen LogP contribution is 2.43. The number of hydrogen-bond donors (Lipinski definition) is 0. The Morgan fingerprint density at radius 1 is 1.10 bits per heavy atom. The van der Waals surface area contributed by atoms with Crippen LogP contribution in [0.1, 0.15) is 44.7 Å². The fourth-order valence-corrected chi connectivity index (χ4v) is 3.47. The topological polar surface area (TPSA) is 3.24 Å². The van der Waals surface area contributed by atoms with E-state index in [0.29, 0.717) is 5.41 Å². The van der Waals surface area contributed by atoms with Crippen LogP contribution < -0.4 is 0 Å². The molecule has 20 heavy (non-hydrogen) atoms. The van der Waals surface area contributed by atoms with Gasteiger partial charge in [0.2, 0.25) is 0 Å². The van der Waals surface area contributed by atoms with E-state index in [1.807, 2.05) is 0 Å². The normalized spacial score (nSPS) is 20.1. The number of benzene rings is 1. The number of likely N-dealkylation sites (tertiary alicyclic amines) is 1. The van der Waals surface area contributed by atoms with E-state index in [1.165, 1.54) is 42.6 Å². The van der Waals surface area contributed by atoms with Crippen LogP contribution in [0.2, 0.25) is 0 Å². The summed E-state index contributed by atoms with van der Waals surface area (Å²) in [6.07, 6.45) is 7.31. The van der Waals surface area contributed by atoms with Crippen LogP contribution in [-0.2, 0) is 5.41 Å². The lowest BCUT2D eigenvalue weighted by atomic mass is 9.74. The molecule has 0 amide bonds. The number of rotatable bonds is 2. The maximum absolute atomic E-state index is 2.61. The molecular weight excluding hydrogens is 242 g/mol. The molecule has 1 aromatic rings. The molecule has 1 spiro atoms. The Kier molecular flexibility index (Phi) is 3.55. The molecule has 0 aromatic heterocycles. The van der Waals surface area contributed by atoms with Gasteiger partial charge in [-0.15, -0.1) is 0 Å². The van der Waals surface area contributed by atoms with E-state index in [4.69, 9.17) is 0 Å². The first-order valence-electron chi connectivity index (χ1n) is 7.75. The van der Waals surface area contributed by atoms with Gasteiger partial charge >= 0.3 is 0 Å². The molecule has 106 valence electrons. The van der Waals surface area contributed by atoms with Gasteiger partial charge in [-0.3, -0.25) is 4.90 Å². The Balaban J connectivity index is 1.71. The number of hydrogen-bond acceptors (Lipinski definition) is 1. The maximum Gasteiger partial charge on any atom is 0.0192 e. The van der Waals surface area contributed by atoms with Crippen LogP contribution in [0.3, 0.4) is 0 Å². The number of nitrogens with zero attached hydrogens (tertiary/aromatic N) is 1.